The average Bonchev–Trinajstić information content (AvgIpc) is 3.77. The van der Waals surface area contributed by atoms with E-state index in [0.29, 0.717) is 51.1 Å². The van der Waals surface area contributed by atoms with E-state index in [1.54, 1.807) is 0 Å². The molecular weight excluding hydrogens is 592 g/mol. The summed E-state index contributed by atoms with van der Waals surface area (Å²) in [7, 11) is 0. The maximum atomic E-state index is 13.2. The second kappa shape index (κ2) is 19.5. The molecule has 0 aromatic heterocycles. The molecule has 0 spiro atoms. The first-order valence-corrected chi connectivity index (χ1v) is 17.4. The first-order valence-electron chi connectivity index (χ1n) is 17.4. The minimum atomic E-state index is -0.780. The molecule has 0 bridgehead atoms. The predicted octanol–water partition coefficient (Wildman–Crippen LogP) is 4.52. The van der Waals surface area contributed by atoms with Crippen molar-refractivity contribution in [2.45, 2.75) is 123 Å². The van der Waals surface area contributed by atoms with Gasteiger partial charge in [-0.05, 0) is 61.1 Å². The number of aliphatic hydroxyl groups excluding tert-OH is 1. The second-order valence-corrected chi connectivity index (χ2v) is 14.3. The lowest BCUT2D eigenvalue weighted by molar-refractivity contribution is -0.124. The van der Waals surface area contributed by atoms with Crippen LogP contribution in [0.4, 0.5) is 0 Å². The van der Waals surface area contributed by atoms with E-state index in [1.807, 2.05) is 74.5 Å². The van der Waals surface area contributed by atoms with Crippen LogP contribution in [0.25, 0.3) is 0 Å². The fourth-order valence-corrected chi connectivity index (χ4v) is 5.97. The summed E-state index contributed by atoms with van der Waals surface area (Å²) in [6, 6.07) is 18.7. The summed E-state index contributed by atoms with van der Waals surface area (Å²) in [6.07, 6.45) is 1.58. The number of benzene rings is 2. The molecule has 1 saturated heterocycles. The summed E-state index contributed by atoms with van der Waals surface area (Å²) >= 11 is 0. The number of nitrogens with one attached hydrogen (secondary N) is 4. The molecule has 1 aliphatic heterocycles. The summed E-state index contributed by atoms with van der Waals surface area (Å²) in [5.74, 6) is 0.562. The van der Waals surface area contributed by atoms with Gasteiger partial charge in [0.1, 0.15) is 6.10 Å². The number of ether oxygens (including phenoxy) is 1. The molecule has 47 heavy (non-hydrogen) atoms. The molecule has 3 rings (SSSR count). The van der Waals surface area contributed by atoms with Crippen LogP contribution in [0.15, 0.2) is 60.7 Å². The van der Waals surface area contributed by atoms with Gasteiger partial charge in [-0.15, -0.1) is 0 Å². The Kier molecular flexibility index (Phi) is 15.9. The van der Waals surface area contributed by atoms with E-state index in [1.165, 1.54) is 0 Å². The third-order valence-corrected chi connectivity index (χ3v) is 8.34. The highest BCUT2D eigenvalue weighted by Crippen LogP contribution is 2.30. The number of amides is 3. The lowest BCUT2D eigenvalue weighted by Gasteiger charge is -2.27. The molecule has 0 saturated carbocycles. The Balaban J connectivity index is 1.52. The van der Waals surface area contributed by atoms with E-state index >= 15 is 0 Å². The van der Waals surface area contributed by atoms with Crippen molar-refractivity contribution in [2.24, 2.45) is 17.8 Å². The Morgan fingerprint density at radius 2 is 1.40 bits per heavy atom. The lowest BCUT2D eigenvalue weighted by Crippen LogP contribution is -2.48. The van der Waals surface area contributed by atoms with Crippen LogP contribution in [0.5, 0.6) is 0 Å². The summed E-state index contributed by atoms with van der Waals surface area (Å²) < 4.78 is 5.96. The highest BCUT2D eigenvalue weighted by molar-refractivity contribution is 5.81. The topological polar surface area (TPSA) is 132 Å². The van der Waals surface area contributed by atoms with Gasteiger partial charge >= 0.3 is 0 Å². The average molecular weight is 651 g/mol. The van der Waals surface area contributed by atoms with Crippen LogP contribution in [-0.2, 0) is 32.1 Å². The number of aliphatic hydroxyl groups is 1. The molecule has 2 aromatic rings. The van der Waals surface area contributed by atoms with Gasteiger partial charge in [0.15, 0.2) is 0 Å². The second-order valence-electron chi connectivity index (χ2n) is 14.3. The van der Waals surface area contributed by atoms with Crippen molar-refractivity contribution in [3.8, 4) is 0 Å². The molecule has 9 heteroatoms. The zero-order chi connectivity index (χ0) is 34.3. The van der Waals surface area contributed by atoms with Crippen LogP contribution in [0.2, 0.25) is 0 Å². The van der Waals surface area contributed by atoms with Crippen molar-refractivity contribution in [3.05, 3.63) is 71.8 Å². The molecule has 260 valence electrons. The predicted molar refractivity (Wildman–Crippen MR) is 186 cm³/mol. The minimum absolute atomic E-state index is 0.0160. The van der Waals surface area contributed by atoms with E-state index < -0.39 is 12.1 Å². The minimum Gasteiger partial charge on any atom is -0.391 e. The molecule has 3 amide bonds. The third-order valence-electron chi connectivity index (χ3n) is 8.34. The zero-order valence-electron chi connectivity index (χ0n) is 29.2. The van der Waals surface area contributed by atoms with Crippen LogP contribution in [0.3, 0.4) is 0 Å². The van der Waals surface area contributed by atoms with Crippen LogP contribution in [-0.4, -0.2) is 65.8 Å². The Morgan fingerprint density at radius 1 is 0.787 bits per heavy atom. The van der Waals surface area contributed by atoms with Crippen LogP contribution >= 0.6 is 0 Å². The Bertz CT molecular complexity index is 1220. The molecule has 6 atom stereocenters. The van der Waals surface area contributed by atoms with E-state index in [9.17, 15) is 19.5 Å². The number of carbonyl (C=O) groups excluding carboxylic acids is 3. The molecule has 1 fully saturated rings. The quantitative estimate of drug-likeness (QED) is 0.126. The maximum Gasteiger partial charge on any atom is 0.237 e. The van der Waals surface area contributed by atoms with Gasteiger partial charge in [0.05, 0.1) is 36.8 Å². The number of carbonyl (C=O) groups is 3. The van der Waals surface area contributed by atoms with Crippen molar-refractivity contribution in [1.82, 2.24) is 21.3 Å². The molecule has 1 heterocycles. The number of hydrogen-bond donors (Lipinski definition) is 5. The molecule has 5 N–H and O–H groups in total. The molecule has 2 aromatic carbocycles. The van der Waals surface area contributed by atoms with Crippen molar-refractivity contribution in [3.63, 3.8) is 0 Å². The van der Waals surface area contributed by atoms with E-state index in [2.05, 4.69) is 49.0 Å². The van der Waals surface area contributed by atoms with Crippen molar-refractivity contribution >= 4 is 17.7 Å². The SMILES string of the molecule is CC(C)CC(=O)NC(Cc1ccccc1)C1OC1CC(=O)NC(CC(C)C)C(O)CCNC(CC(C)C)C(=O)NCc1ccccc1. The molecule has 0 radical (unpaired) electrons. The van der Waals surface area contributed by atoms with Crippen molar-refractivity contribution in [1.29, 1.82) is 0 Å². The van der Waals surface area contributed by atoms with Crippen molar-refractivity contribution < 1.29 is 24.2 Å². The van der Waals surface area contributed by atoms with Gasteiger partial charge < -0.3 is 31.1 Å². The van der Waals surface area contributed by atoms with Gasteiger partial charge in [0.2, 0.25) is 17.7 Å². The number of hydrogen-bond acceptors (Lipinski definition) is 6. The van der Waals surface area contributed by atoms with E-state index in [0.717, 1.165) is 11.1 Å². The maximum absolute atomic E-state index is 13.2. The first kappa shape index (κ1) is 38.2. The van der Waals surface area contributed by atoms with Crippen LogP contribution < -0.4 is 21.3 Å². The normalized spacial score (nSPS) is 18.4. The van der Waals surface area contributed by atoms with Crippen molar-refractivity contribution in [2.75, 3.05) is 6.54 Å². The zero-order valence-corrected chi connectivity index (χ0v) is 29.2. The van der Waals surface area contributed by atoms with E-state index in [-0.39, 0.29) is 60.3 Å². The highest BCUT2D eigenvalue weighted by atomic mass is 16.6. The molecule has 1 aliphatic rings. The monoisotopic (exact) mass is 650 g/mol. The molecule has 0 aliphatic carbocycles. The van der Waals surface area contributed by atoms with Crippen LogP contribution in [0, 0.1) is 17.8 Å². The Labute approximate surface area is 282 Å². The molecular formula is C38H58N4O5. The Hall–Kier alpha value is -3.27. The largest absolute Gasteiger partial charge is 0.391 e. The molecule has 9 nitrogen and oxygen atoms in total. The van der Waals surface area contributed by atoms with Gasteiger partial charge in [0.25, 0.3) is 0 Å². The number of epoxide rings is 1. The lowest BCUT2D eigenvalue weighted by atomic mass is 9.96. The smallest absolute Gasteiger partial charge is 0.237 e. The summed E-state index contributed by atoms with van der Waals surface area (Å²) in [4.78, 5) is 38.9. The fourth-order valence-electron chi connectivity index (χ4n) is 5.97. The fraction of sp³-hybridized carbons (Fsp3) is 0.605. The van der Waals surface area contributed by atoms with Gasteiger partial charge in [0, 0.05) is 13.0 Å². The first-order chi connectivity index (χ1) is 22.4. The molecule has 6 unspecified atom stereocenters. The van der Waals surface area contributed by atoms with Gasteiger partial charge in [-0.2, -0.15) is 0 Å². The van der Waals surface area contributed by atoms with Crippen LogP contribution in [0.1, 0.15) is 84.8 Å². The van der Waals surface area contributed by atoms with Gasteiger partial charge in [-0.1, -0.05) is 102 Å². The van der Waals surface area contributed by atoms with Gasteiger partial charge in [-0.3, -0.25) is 14.4 Å². The third kappa shape index (κ3) is 14.6. The highest BCUT2D eigenvalue weighted by Gasteiger charge is 2.46. The number of rotatable bonds is 21. The Morgan fingerprint density at radius 3 is 2.00 bits per heavy atom. The van der Waals surface area contributed by atoms with E-state index in [4.69, 9.17) is 4.74 Å². The van der Waals surface area contributed by atoms with Gasteiger partial charge in [-0.25, -0.2) is 0 Å². The summed E-state index contributed by atoms with van der Waals surface area (Å²) in [6.45, 7) is 13.2. The summed E-state index contributed by atoms with van der Waals surface area (Å²) in [5.41, 5.74) is 2.14. The standard InChI is InChI=1S/C38H58N4O5/c1-25(2)19-30(33(43)17-18-39-32(20-26(3)4)38(46)40-24-29-15-11-8-12-16-29)41-36(45)23-34-37(47-34)31(42-35(44)21-27(5)6)22-28-13-9-7-10-14-28/h7-16,25-27,30-34,37,39,43H,17-24H2,1-6H3,(H,40,46)(H,41,45)(H,42,44). The summed E-state index contributed by atoms with van der Waals surface area (Å²) in [5, 5.41) is 23.8.